The van der Waals surface area contributed by atoms with Crippen LogP contribution >= 0.6 is 0 Å². The van der Waals surface area contributed by atoms with Gasteiger partial charge in [-0.3, -0.25) is 0 Å². The van der Waals surface area contributed by atoms with Crippen LogP contribution in [0.4, 0.5) is 17.5 Å². The van der Waals surface area contributed by atoms with Gasteiger partial charge >= 0.3 is 0 Å². The first-order valence-corrected chi connectivity index (χ1v) is 6.52. The normalized spacial score (nSPS) is 10.3. The van der Waals surface area contributed by atoms with E-state index in [2.05, 4.69) is 52.6 Å². The largest absolute Gasteiger partial charge is 0.354 e. The number of benzene rings is 1. The van der Waals surface area contributed by atoms with E-state index in [9.17, 15) is 0 Å². The van der Waals surface area contributed by atoms with Crippen molar-refractivity contribution in [2.75, 3.05) is 17.2 Å². The highest BCUT2D eigenvalue weighted by atomic mass is 15.1. The van der Waals surface area contributed by atoms with Crippen LogP contribution in [0.3, 0.4) is 0 Å². The van der Waals surface area contributed by atoms with Gasteiger partial charge in [0, 0.05) is 24.0 Å². The predicted molar refractivity (Wildman–Crippen MR) is 80.1 cm³/mol. The Balaban J connectivity index is 2.31. The summed E-state index contributed by atoms with van der Waals surface area (Å²) in [4.78, 5) is 8.74. The van der Waals surface area contributed by atoms with Gasteiger partial charge in [0.05, 0.1) is 0 Å². The molecule has 0 fully saturated rings. The average Bonchev–Trinajstić information content (AvgIpc) is 2.38. The number of rotatable bonds is 4. The zero-order chi connectivity index (χ0) is 13.8. The molecular weight excluding hydrogens is 236 g/mol. The van der Waals surface area contributed by atoms with E-state index < -0.39 is 0 Å². The summed E-state index contributed by atoms with van der Waals surface area (Å²) in [5, 5.41) is 6.51. The highest BCUT2D eigenvalue weighted by molar-refractivity contribution is 5.63. The maximum atomic E-state index is 4.49. The van der Waals surface area contributed by atoms with E-state index in [4.69, 9.17) is 0 Å². The lowest BCUT2D eigenvalue weighted by Gasteiger charge is -2.13. The number of hydrogen-bond acceptors (Lipinski definition) is 4. The minimum absolute atomic E-state index is 0.654. The molecule has 100 valence electrons. The molecule has 0 amide bonds. The van der Waals surface area contributed by atoms with Crippen LogP contribution < -0.4 is 10.6 Å². The second kappa shape index (κ2) is 5.69. The molecular formula is C15H20N4. The molecule has 0 atom stereocenters. The van der Waals surface area contributed by atoms with Crippen LogP contribution in [-0.4, -0.2) is 16.5 Å². The maximum absolute atomic E-state index is 4.49. The van der Waals surface area contributed by atoms with Gasteiger partial charge in [0.2, 0.25) is 5.95 Å². The molecule has 1 aromatic heterocycles. The molecule has 0 radical (unpaired) electrons. The molecule has 0 aliphatic heterocycles. The molecule has 19 heavy (non-hydrogen) atoms. The minimum Gasteiger partial charge on any atom is -0.354 e. The first kappa shape index (κ1) is 13.3. The van der Waals surface area contributed by atoms with E-state index in [1.54, 1.807) is 0 Å². The van der Waals surface area contributed by atoms with Crippen LogP contribution in [0.2, 0.25) is 0 Å². The first-order chi connectivity index (χ1) is 9.10. The monoisotopic (exact) mass is 256 g/mol. The van der Waals surface area contributed by atoms with Gasteiger partial charge < -0.3 is 10.6 Å². The topological polar surface area (TPSA) is 49.8 Å². The third-order valence-corrected chi connectivity index (χ3v) is 2.95. The van der Waals surface area contributed by atoms with Crippen molar-refractivity contribution in [1.29, 1.82) is 0 Å². The zero-order valence-electron chi connectivity index (χ0n) is 11.9. The fraction of sp³-hybridized carbons (Fsp3) is 0.333. The smallest absolute Gasteiger partial charge is 0.224 e. The molecule has 2 rings (SSSR count). The second-order valence-electron chi connectivity index (χ2n) is 4.70. The van der Waals surface area contributed by atoms with Crippen molar-refractivity contribution in [2.45, 2.75) is 27.7 Å². The van der Waals surface area contributed by atoms with Crippen molar-refractivity contribution < 1.29 is 0 Å². The lowest BCUT2D eigenvalue weighted by molar-refractivity contribution is 1.07. The SMILES string of the molecule is CCNc1ncc(C)c(Nc2cc(C)ccc2C)n1. The van der Waals surface area contributed by atoms with Crippen LogP contribution in [0, 0.1) is 20.8 Å². The standard InChI is InChI=1S/C15H20N4/c1-5-16-15-17-9-12(4)14(19-15)18-13-8-10(2)6-7-11(13)3/h6-9H,5H2,1-4H3,(H2,16,17,18,19). The zero-order valence-corrected chi connectivity index (χ0v) is 11.9. The van der Waals surface area contributed by atoms with E-state index >= 15 is 0 Å². The van der Waals surface area contributed by atoms with Gasteiger partial charge in [0.1, 0.15) is 5.82 Å². The Hall–Kier alpha value is -2.10. The number of nitrogens with one attached hydrogen (secondary N) is 2. The van der Waals surface area contributed by atoms with Crippen LogP contribution in [0.15, 0.2) is 24.4 Å². The summed E-state index contributed by atoms with van der Waals surface area (Å²) in [5.74, 6) is 1.50. The molecule has 0 spiro atoms. The van der Waals surface area contributed by atoms with Gasteiger partial charge in [0.25, 0.3) is 0 Å². The summed E-state index contributed by atoms with van der Waals surface area (Å²) in [6.45, 7) is 9.02. The van der Waals surface area contributed by atoms with E-state index in [1.165, 1.54) is 11.1 Å². The lowest BCUT2D eigenvalue weighted by atomic mass is 10.1. The summed E-state index contributed by atoms with van der Waals surface area (Å²) >= 11 is 0. The molecule has 0 bridgehead atoms. The third-order valence-electron chi connectivity index (χ3n) is 2.95. The van der Waals surface area contributed by atoms with Crippen LogP contribution in [0.25, 0.3) is 0 Å². The number of aromatic nitrogens is 2. The average molecular weight is 256 g/mol. The Kier molecular flexibility index (Phi) is 4.00. The Morgan fingerprint density at radius 2 is 1.89 bits per heavy atom. The molecule has 1 aromatic carbocycles. The first-order valence-electron chi connectivity index (χ1n) is 6.52. The van der Waals surface area contributed by atoms with Crippen molar-refractivity contribution in [3.05, 3.63) is 41.1 Å². The fourth-order valence-electron chi connectivity index (χ4n) is 1.81. The summed E-state index contributed by atoms with van der Waals surface area (Å²) < 4.78 is 0. The van der Waals surface area contributed by atoms with Crippen LogP contribution in [0.1, 0.15) is 23.6 Å². The number of anilines is 3. The quantitative estimate of drug-likeness (QED) is 0.878. The van der Waals surface area contributed by atoms with Gasteiger partial charge in [-0.25, -0.2) is 4.98 Å². The van der Waals surface area contributed by atoms with Gasteiger partial charge in [-0.2, -0.15) is 4.98 Å². The highest BCUT2D eigenvalue weighted by Gasteiger charge is 2.05. The van der Waals surface area contributed by atoms with Crippen molar-refractivity contribution >= 4 is 17.5 Å². The lowest BCUT2D eigenvalue weighted by Crippen LogP contribution is -2.06. The summed E-state index contributed by atoms with van der Waals surface area (Å²) in [7, 11) is 0. The summed E-state index contributed by atoms with van der Waals surface area (Å²) in [6, 6.07) is 6.35. The summed E-state index contributed by atoms with van der Waals surface area (Å²) in [6.07, 6.45) is 1.83. The fourth-order valence-corrected chi connectivity index (χ4v) is 1.81. The van der Waals surface area contributed by atoms with Crippen molar-refractivity contribution in [1.82, 2.24) is 9.97 Å². The molecule has 0 aliphatic rings. The van der Waals surface area contributed by atoms with Crippen molar-refractivity contribution in [3.63, 3.8) is 0 Å². The second-order valence-corrected chi connectivity index (χ2v) is 4.70. The molecule has 2 N–H and O–H groups in total. The molecule has 2 aromatic rings. The molecule has 4 nitrogen and oxygen atoms in total. The predicted octanol–water partition coefficient (Wildman–Crippen LogP) is 3.58. The van der Waals surface area contributed by atoms with Crippen molar-refractivity contribution in [2.24, 2.45) is 0 Å². The Labute approximate surface area is 114 Å². The molecule has 0 aliphatic carbocycles. The van der Waals surface area contributed by atoms with Gasteiger partial charge in [-0.15, -0.1) is 0 Å². The maximum Gasteiger partial charge on any atom is 0.224 e. The highest BCUT2D eigenvalue weighted by Crippen LogP contribution is 2.23. The van der Waals surface area contributed by atoms with Gasteiger partial charge in [-0.05, 0) is 44.9 Å². The Morgan fingerprint density at radius 3 is 2.63 bits per heavy atom. The molecule has 4 heteroatoms. The van der Waals surface area contributed by atoms with Crippen molar-refractivity contribution in [3.8, 4) is 0 Å². The molecule has 0 unspecified atom stereocenters. The molecule has 1 heterocycles. The summed E-state index contributed by atoms with van der Waals surface area (Å²) in [5.41, 5.74) is 4.55. The van der Waals surface area contributed by atoms with E-state index in [0.29, 0.717) is 5.95 Å². The Bertz CT molecular complexity index is 578. The van der Waals surface area contributed by atoms with E-state index in [-0.39, 0.29) is 0 Å². The number of aryl methyl sites for hydroxylation is 3. The molecule has 0 saturated heterocycles. The molecule has 0 saturated carbocycles. The van der Waals surface area contributed by atoms with Gasteiger partial charge in [-0.1, -0.05) is 12.1 Å². The third kappa shape index (κ3) is 3.22. The number of nitrogens with zero attached hydrogens (tertiary/aromatic N) is 2. The minimum atomic E-state index is 0.654. The van der Waals surface area contributed by atoms with E-state index in [1.807, 2.05) is 20.0 Å². The number of hydrogen-bond donors (Lipinski definition) is 2. The van der Waals surface area contributed by atoms with Gasteiger partial charge in [0.15, 0.2) is 0 Å². The van der Waals surface area contributed by atoms with Crippen LogP contribution in [0.5, 0.6) is 0 Å². The van der Waals surface area contributed by atoms with Crippen LogP contribution in [-0.2, 0) is 0 Å². The van der Waals surface area contributed by atoms with E-state index in [0.717, 1.165) is 23.6 Å². The Morgan fingerprint density at radius 1 is 1.11 bits per heavy atom.